The molecule has 31 heavy (non-hydrogen) atoms. The molecule has 0 bridgehead atoms. The molecule has 0 aliphatic rings. The molecule has 0 radical (unpaired) electrons. The summed E-state index contributed by atoms with van der Waals surface area (Å²) in [6, 6.07) is 22.1. The minimum atomic E-state index is -4.01. The van der Waals surface area contributed by atoms with Gasteiger partial charge in [0, 0.05) is 11.6 Å². The fraction of sp³-hybridized carbons (Fsp3) is 0.174. The zero-order valence-corrected chi connectivity index (χ0v) is 18.6. The quantitative estimate of drug-likeness (QED) is 0.527. The summed E-state index contributed by atoms with van der Waals surface area (Å²) >= 11 is 6.07. The molecule has 3 aromatic carbocycles. The summed E-state index contributed by atoms with van der Waals surface area (Å²) in [6.45, 7) is 0.0261. The molecule has 1 N–H and O–H groups in total. The van der Waals surface area contributed by atoms with Gasteiger partial charge in [-0.25, -0.2) is 8.42 Å². The van der Waals surface area contributed by atoms with Crippen LogP contribution in [0.3, 0.4) is 0 Å². The Morgan fingerprint density at radius 3 is 2.35 bits per heavy atom. The fourth-order valence-corrected chi connectivity index (χ4v) is 4.60. The van der Waals surface area contributed by atoms with Gasteiger partial charge in [0.25, 0.3) is 10.0 Å². The summed E-state index contributed by atoms with van der Waals surface area (Å²) in [5.74, 6) is 0.125. The highest BCUT2D eigenvalue weighted by Crippen LogP contribution is 2.27. The number of ether oxygens (including phenoxy) is 1. The van der Waals surface area contributed by atoms with Crippen LogP contribution in [0.25, 0.3) is 0 Å². The molecule has 0 aromatic heterocycles. The van der Waals surface area contributed by atoms with Crippen molar-refractivity contribution in [2.45, 2.75) is 11.3 Å². The molecule has 0 aliphatic heterocycles. The Hall–Kier alpha value is -3.03. The number of hydrogen-bond acceptors (Lipinski definition) is 4. The summed E-state index contributed by atoms with van der Waals surface area (Å²) in [5, 5.41) is 3.16. The van der Waals surface area contributed by atoms with E-state index in [9.17, 15) is 13.2 Å². The first-order chi connectivity index (χ1) is 14.9. The highest BCUT2D eigenvalue weighted by Gasteiger charge is 2.27. The third-order valence-corrected chi connectivity index (χ3v) is 6.63. The van der Waals surface area contributed by atoms with Crippen LogP contribution in [0.4, 0.5) is 5.69 Å². The van der Waals surface area contributed by atoms with Crippen molar-refractivity contribution >= 4 is 33.2 Å². The van der Waals surface area contributed by atoms with E-state index in [1.54, 1.807) is 30.3 Å². The highest BCUT2D eigenvalue weighted by atomic mass is 35.5. The Morgan fingerprint density at radius 2 is 1.71 bits per heavy atom. The second-order valence-corrected chi connectivity index (χ2v) is 9.05. The predicted molar refractivity (Wildman–Crippen MR) is 122 cm³/mol. The maximum Gasteiger partial charge on any atom is 0.264 e. The Balaban J connectivity index is 1.80. The zero-order chi connectivity index (χ0) is 22.3. The van der Waals surface area contributed by atoms with Crippen molar-refractivity contribution in [3.8, 4) is 5.75 Å². The molecule has 0 atom stereocenters. The third kappa shape index (κ3) is 5.99. The van der Waals surface area contributed by atoms with Crippen LogP contribution in [0.1, 0.15) is 5.56 Å². The lowest BCUT2D eigenvalue weighted by Gasteiger charge is -2.24. The van der Waals surface area contributed by atoms with Gasteiger partial charge in [-0.15, -0.1) is 0 Å². The van der Waals surface area contributed by atoms with Gasteiger partial charge in [0.1, 0.15) is 12.3 Å². The average Bonchev–Trinajstić information content (AvgIpc) is 2.78. The van der Waals surface area contributed by atoms with Crippen LogP contribution >= 0.6 is 11.6 Å². The van der Waals surface area contributed by atoms with Gasteiger partial charge in [0.15, 0.2) is 0 Å². The van der Waals surface area contributed by atoms with Crippen molar-refractivity contribution in [3.63, 3.8) is 0 Å². The number of carbonyl (C=O) groups is 1. The zero-order valence-electron chi connectivity index (χ0n) is 17.0. The van der Waals surface area contributed by atoms with Crippen molar-refractivity contribution in [2.75, 3.05) is 24.5 Å². The van der Waals surface area contributed by atoms with Gasteiger partial charge in [0.2, 0.25) is 5.91 Å². The van der Waals surface area contributed by atoms with E-state index in [2.05, 4.69) is 5.32 Å². The number of rotatable bonds is 9. The van der Waals surface area contributed by atoms with E-state index >= 15 is 0 Å². The van der Waals surface area contributed by atoms with E-state index in [0.29, 0.717) is 29.4 Å². The molecule has 3 rings (SSSR count). The molecule has 0 heterocycles. The molecule has 0 aliphatic carbocycles. The molecule has 8 heteroatoms. The number of halogens is 1. The van der Waals surface area contributed by atoms with E-state index < -0.39 is 15.9 Å². The van der Waals surface area contributed by atoms with Gasteiger partial charge >= 0.3 is 0 Å². The number of hydrogen-bond donors (Lipinski definition) is 1. The summed E-state index contributed by atoms with van der Waals surface area (Å²) in [5.41, 5.74) is 1.39. The second kappa shape index (κ2) is 10.3. The maximum absolute atomic E-state index is 13.3. The van der Waals surface area contributed by atoms with Gasteiger partial charge in [-0.05, 0) is 54.4 Å². The minimum Gasteiger partial charge on any atom is -0.497 e. The van der Waals surface area contributed by atoms with E-state index in [1.165, 1.54) is 25.3 Å². The van der Waals surface area contributed by atoms with Gasteiger partial charge in [0.05, 0.1) is 17.7 Å². The average molecular weight is 459 g/mol. The molecule has 0 saturated heterocycles. The van der Waals surface area contributed by atoms with Crippen LogP contribution in [0, 0.1) is 0 Å². The monoisotopic (exact) mass is 458 g/mol. The van der Waals surface area contributed by atoms with E-state index in [1.807, 2.05) is 30.3 Å². The lowest BCUT2D eigenvalue weighted by atomic mass is 10.1. The van der Waals surface area contributed by atoms with Crippen LogP contribution in [0.15, 0.2) is 83.8 Å². The first kappa shape index (κ1) is 22.7. The number of methoxy groups -OCH3 is 1. The summed E-state index contributed by atoms with van der Waals surface area (Å²) in [6.07, 6.45) is 0.648. The van der Waals surface area contributed by atoms with Gasteiger partial charge in [-0.1, -0.05) is 48.0 Å². The molecule has 0 unspecified atom stereocenters. The first-order valence-electron chi connectivity index (χ1n) is 9.63. The van der Waals surface area contributed by atoms with Crippen LogP contribution in [-0.2, 0) is 21.2 Å². The lowest BCUT2D eigenvalue weighted by molar-refractivity contribution is -0.119. The van der Waals surface area contributed by atoms with E-state index in [0.717, 1.165) is 9.87 Å². The standard InChI is InChI=1S/C23H23ClN2O4S/c1-30-21-10-12-22(13-11-21)31(28,29)26(20-9-5-8-19(24)16-20)17-23(27)25-15-14-18-6-3-2-4-7-18/h2-13,16H,14-15,17H2,1H3,(H,25,27). The minimum absolute atomic E-state index is 0.0466. The van der Waals surface area contributed by atoms with Gasteiger partial charge in [-0.3, -0.25) is 9.10 Å². The molecule has 0 spiro atoms. The van der Waals surface area contributed by atoms with E-state index in [-0.39, 0.29) is 11.4 Å². The highest BCUT2D eigenvalue weighted by molar-refractivity contribution is 7.92. The Labute approximate surface area is 187 Å². The lowest BCUT2D eigenvalue weighted by Crippen LogP contribution is -2.41. The molecule has 162 valence electrons. The van der Waals surface area contributed by atoms with Crippen molar-refractivity contribution in [3.05, 3.63) is 89.4 Å². The first-order valence-corrected chi connectivity index (χ1v) is 11.4. The Bertz CT molecular complexity index is 1120. The molecule has 3 aromatic rings. The number of benzene rings is 3. The molecule has 0 fully saturated rings. The third-order valence-electron chi connectivity index (χ3n) is 4.61. The summed E-state index contributed by atoms with van der Waals surface area (Å²) < 4.78 is 32.8. The topological polar surface area (TPSA) is 75.7 Å². The number of nitrogens with one attached hydrogen (secondary N) is 1. The Morgan fingerprint density at radius 1 is 1.00 bits per heavy atom. The summed E-state index contributed by atoms with van der Waals surface area (Å²) in [7, 11) is -2.51. The van der Waals surface area contributed by atoms with Crippen molar-refractivity contribution in [1.29, 1.82) is 0 Å². The molecule has 0 saturated carbocycles. The number of sulfonamides is 1. The van der Waals surface area contributed by atoms with E-state index in [4.69, 9.17) is 16.3 Å². The van der Waals surface area contributed by atoms with Gasteiger partial charge < -0.3 is 10.1 Å². The van der Waals surface area contributed by atoms with Crippen molar-refractivity contribution in [1.82, 2.24) is 5.32 Å². The molecule has 6 nitrogen and oxygen atoms in total. The number of amides is 1. The summed E-state index contributed by atoms with van der Waals surface area (Å²) in [4.78, 5) is 12.7. The second-order valence-electron chi connectivity index (χ2n) is 6.75. The largest absolute Gasteiger partial charge is 0.497 e. The Kier molecular flexibility index (Phi) is 7.55. The number of nitrogens with zero attached hydrogens (tertiary/aromatic N) is 1. The molecule has 1 amide bonds. The van der Waals surface area contributed by atoms with Crippen molar-refractivity contribution in [2.24, 2.45) is 0 Å². The van der Waals surface area contributed by atoms with Gasteiger partial charge in [-0.2, -0.15) is 0 Å². The molecular formula is C23H23ClN2O4S. The number of carbonyl (C=O) groups excluding carboxylic acids is 1. The van der Waals surface area contributed by atoms with Crippen molar-refractivity contribution < 1.29 is 17.9 Å². The van der Waals surface area contributed by atoms with Crippen LogP contribution in [-0.4, -0.2) is 34.5 Å². The van der Waals surface area contributed by atoms with Crippen LogP contribution < -0.4 is 14.4 Å². The normalized spacial score (nSPS) is 11.0. The fourth-order valence-electron chi connectivity index (χ4n) is 3.00. The SMILES string of the molecule is COc1ccc(S(=O)(=O)N(CC(=O)NCCc2ccccc2)c2cccc(Cl)c2)cc1. The van der Waals surface area contributed by atoms with Crippen LogP contribution in [0.2, 0.25) is 5.02 Å². The predicted octanol–water partition coefficient (Wildman–Crippen LogP) is 3.90. The molecular weight excluding hydrogens is 436 g/mol. The van der Waals surface area contributed by atoms with Crippen LogP contribution in [0.5, 0.6) is 5.75 Å². The maximum atomic E-state index is 13.3. The number of anilines is 1. The smallest absolute Gasteiger partial charge is 0.264 e.